The Balaban J connectivity index is 0.000000172. The number of benzene rings is 3. The quantitative estimate of drug-likeness (QED) is 0.451. The highest BCUT2D eigenvalue weighted by Crippen LogP contribution is 2.25. The van der Waals surface area contributed by atoms with E-state index in [0.717, 1.165) is 38.9 Å². The second kappa shape index (κ2) is 10.2. The first-order chi connectivity index (χ1) is 16.5. The number of ether oxygens (including phenoxy) is 2. The minimum Gasteiger partial charge on any atom is -0.497 e. The van der Waals surface area contributed by atoms with E-state index in [9.17, 15) is 4.79 Å². The van der Waals surface area contributed by atoms with Gasteiger partial charge in [-0.25, -0.2) is 9.78 Å². The summed E-state index contributed by atoms with van der Waals surface area (Å²) in [5.41, 5.74) is 2.24. The molecule has 0 fully saturated rings. The number of pyridine rings is 1. The Hall–Kier alpha value is -4.09. The van der Waals surface area contributed by atoms with Gasteiger partial charge in [-0.3, -0.25) is 4.99 Å². The van der Waals surface area contributed by atoms with Gasteiger partial charge < -0.3 is 14.6 Å². The number of carboxylic acid groups (broad SMARTS) is 1. The predicted octanol–water partition coefficient (Wildman–Crippen LogP) is 4.91. The van der Waals surface area contributed by atoms with Crippen LogP contribution in [-0.2, 0) is 4.79 Å². The SMILES string of the molecule is COc1ccc2cc(C#N)ccc2c1.COc1ccc2nc(C3=N[C@@H](C(=O)O)CS3)ccc2c1. The summed E-state index contributed by atoms with van der Waals surface area (Å²) in [6.07, 6.45) is 0. The molecule has 0 bridgehead atoms. The number of aliphatic imine (C=N–C) groups is 1. The smallest absolute Gasteiger partial charge is 0.329 e. The summed E-state index contributed by atoms with van der Waals surface area (Å²) in [7, 11) is 3.27. The molecule has 1 aliphatic heterocycles. The van der Waals surface area contributed by atoms with Crippen molar-refractivity contribution in [2.45, 2.75) is 6.04 Å². The molecule has 34 heavy (non-hydrogen) atoms. The summed E-state index contributed by atoms with van der Waals surface area (Å²) in [6, 6.07) is 22.3. The maximum Gasteiger partial charge on any atom is 0.329 e. The van der Waals surface area contributed by atoms with Crippen molar-refractivity contribution in [3.8, 4) is 17.6 Å². The van der Waals surface area contributed by atoms with Gasteiger partial charge in [0.15, 0.2) is 6.04 Å². The van der Waals surface area contributed by atoms with Gasteiger partial charge in [0.05, 0.1) is 37.1 Å². The van der Waals surface area contributed by atoms with Crippen LogP contribution < -0.4 is 9.47 Å². The van der Waals surface area contributed by atoms with E-state index >= 15 is 0 Å². The van der Waals surface area contributed by atoms with Crippen molar-refractivity contribution in [2.24, 2.45) is 4.99 Å². The highest BCUT2D eigenvalue weighted by atomic mass is 32.2. The van der Waals surface area contributed by atoms with Crippen LogP contribution in [-0.4, -0.2) is 47.1 Å². The van der Waals surface area contributed by atoms with E-state index in [2.05, 4.69) is 16.0 Å². The van der Waals surface area contributed by atoms with Crippen molar-refractivity contribution in [3.05, 3.63) is 78.0 Å². The third kappa shape index (κ3) is 5.11. The molecule has 4 aromatic rings. The fourth-order valence-corrected chi connectivity index (χ4v) is 4.41. The third-order valence-electron chi connectivity index (χ3n) is 5.23. The fraction of sp³-hybridized carbons (Fsp3) is 0.154. The number of aliphatic carboxylic acids is 1. The lowest BCUT2D eigenvalue weighted by molar-refractivity contribution is -0.137. The predicted molar refractivity (Wildman–Crippen MR) is 134 cm³/mol. The molecule has 0 saturated carbocycles. The summed E-state index contributed by atoms with van der Waals surface area (Å²) in [6.45, 7) is 0. The van der Waals surface area contributed by atoms with Crippen LogP contribution in [0.3, 0.4) is 0 Å². The lowest BCUT2D eigenvalue weighted by Gasteiger charge is -2.04. The summed E-state index contributed by atoms with van der Waals surface area (Å²) in [5.74, 6) is 1.19. The van der Waals surface area contributed by atoms with Crippen molar-refractivity contribution < 1.29 is 19.4 Å². The molecule has 0 aliphatic carbocycles. The zero-order valence-electron chi connectivity index (χ0n) is 18.6. The fourth-order valence-electron chi connectivity index (χ4n) is 3.41. The number of hydrogen-bond acceptors (Lipinski definition) is 7. The molecule has 1 atom stereocenters. The molecule has 1 N–H and O–H groups in total. The Kier molecular flexibility index (Phi) is 6.95. The van der Waals surface area contributed by atoms with Crippen LogP contribution in [0.5, 0.6) is 11.5 Å². The number of carboxylic acids is 1. The minimum absolute atomic E-state index is 0.465. The van der Waals surface area contributed by atoms with Crippen LogP contribution in [0, 0.1) is 11.3 Å². The van der Waals surface area contributed by atoms with Crippen molar-refractivity contribution in [1.29, 1.82) is 5.26 Å². The van der Waals surface area contributed by atoms with Crippen LogP contribution >= 0.6 is 11.8 Å². The summed E-state index contributed by atoms with van der Waals surface area (Å²) >= 11 is 1.43. The van der Waals surface area contributed by atoms with Crippen molar-refractivity contribution >= 4 is 44.5 Å². The average Bonchev–Trinajstić information content (AvgIpc) is 3.38. The van der Waals surface area contributed by atoms with Crippen LogP contribution in [0.25, 0.3) is 21.7 Å². The van der Waals surface area contributed by atoms with Gasteiger partial charge in [-0.2, -0.15) is 5.26 Å². The first kappa shape index (κ1) is 23.1. The highest BCUT2D eigenvalue weighted by molar-refractivity contribution is 8.14. The lowest BCUT2D eigenvalue weighted by Crippen LogP contribution is -2.17. The third-order valence-corrected chi connectivity index (χ3v) is 6.30. The Bertz CT molecular complexity index is 1450. The summed E-state index contributed by atoms with van der Waals surface area (Å²) < 4.78 is 10.3. The van der Waals surface area contributed by atoms with E-state index in [1.807, 2.05) is 66.7 Å². The van der Waals surface area contributed by atoms with Gasteiger partial charge in [0, 0.05) is 11.1 Å². The van der Waals surface area contributed by atoms with E-state index in [0.29, 0.717) is 16.4 Å². The number of hydrogen-bond donors (Lipinski definition) is 1. The topological polar surface area (TPSA) is 105 Å². The second-order valence-corrected chi connectivity index (χ2v) is 8.40. The second-order valence-electron chi connectivity index (χ2n) is 7.39. The molecule has 0 radical (unpaired) electrons. The largest absolute Gasteiger partial charge is 0.497 e. The van der Waals surface area contributed by atoms with E-state index in [4.69, 9.17) is 19.8 Å². The van der Waals surface area contributed by atoms with Gasteiger partial charge in [-0.15, -0.1) is 11.8 Å². The standard InChI is InChI=1S/C14H12N2O3S.C12H9NO/c1-19-9-3-5-10-8(6-9)2-4-11(15-10)13-16-12(7-20-13)14(17)18;1-14-12-5-4-10-6-9(8-13)2-3-11(10)7-12/h2-6,12H,7H2,1H3,(H,17,18);2-7H,1H3/t12-;/m1./s1. The van der Waals surface area contributed by atoms with Crippen molar-refractivity contribution in [3.63, 3.8) is 0 Å². The molecule has 170 valence electrons. The van der Waals surface area contributed by atoms with E-state index < -0.39 is 12.0 Å². The Morgan fingerprint density at radius 2 is 1.62 bits per heavy atom. The normalized spacial score (nSPS) is 14.6. The van der Waals surface area contributed by atoms with Crippen LogP contribution in [0.15, 0.2) is 71.7 Å². The van der Waals surface area contributed by atoms with Crippen LogP contribution in [0.1, 0.15) is 11.3 Å². The average molecular weight is 472 g/mol. The molecule has 2 heterocycles. The minimum atomic E-state index is -0.891. The van der Waals surface area contributed by atoms with Crippen molar-refractivity contribution in [2.75, 3.05) is 20.0 Å². The number of aromatic nitrogens is 1. The molecular formula is C26H21N3O4S. The molecule has 0 saturated heterocycles. The molecular weight excluding hydrogens is 450 g/mol. The molecule has 0 spiro atoms. The lowest BCUT2D eigenvalue weighted by atomic mass is 10.1. The van der Waals surface area contributed by atoms with Crippen LogP contribution in [0.4, 0.5) is 0 Å². The van der Waals surface area contributed by atoms with Gasteiger partial charge in [-0.1, -0.05) is 18.2 Å². The number of nitrogens with zero attached hydrogens (tertiary/aromatic N) is 3. The highest BCUT2D eigenvalue weighted by Gasteiger charge is 2.25. The number of fused-ring (bicyclic) bond motifs is 2. The number of rotatable bonds is 4. The molecule has 0 unspecified atom stereocenters. The monoisotopic (exact) mass is 471 g/mol. The molecule has 8 heteroatoms. The van der Waals surface area contributed by atoms with E-state index in [-0.39, 0.29) is 0 Å². The maximum atomic E-state index is 10.9. The number of methoxy groups -OCH3 is 2. The van der Waals surface area contributed by atoms with Gasteiger partial charge in [0.25, 0.3) is 0 Å². The molecule has 1 aliphatic rings. The van der Waals surface area contributed by atoms with Gasteiger partial charge in [0.2, 0.25) is 0 Å². The summed E-state index contributed by atoms with van der Waals surface area (Å²) in [5, 5.41) is 21.5. The molecule has 1 aromatic heterocycles. The number of thioether (sulfide) groups is 1. The maximum absolute atomic E-state index is 10.9. The Labute approximate surface area is 200 Å². The first-order valence-electron chi connectivity index (χ1n) is 10.4. The first-order valence-corrected chi connectivity index (χ1v) is 11.4. The number of carbonyl (C=O) groups is 1. The molecule has 0 amide bonds. The Morgan fingerprint density at radius 3 is 2.29 bits per heavy atom. The van der Waals surface area contributed by atoms with Gasteiger partial charge in [-0.05, 0) is 59.3 Å². The molecule has 3 aromatic carbocycles. The van der Waals surface area contributed by atoms with Gasteiger partial charge >= 0.3 is 5.97 Å². The zero-order valence-corrected chi connectivity index (χ0v) is 19.4. The Morgan fingerprint density at radius 1 is 0.971 bits per heavy atom. The van der Waals surface area contributed by atoms with E-state index in [1.165, 1.54) is 11.8 Å². The summed E-state index contributed by atoms with van der Waals surface area (Å²) in [4.78, 5) is 19.6. The molecule has 7 nitrogen and oxygen atoms in total. The van der Waals surface area contributed by atoms with E-state index in [1.54, 1.807) is 14.2 Å². The molecule has 5 rings (SSSR count). The van der Waals surface area contributed by atoms with Crippen LogP contribution in [0.2, 0.25) is 0 Å². The van der Waals surface area contributed by atoms with Crippen molar-refractivity contribution in [1.82, 2.24) is 4.98 Å². The zero-order chi connectivity index (χ0) is 24.1. The number of nitriles is 1. The van der Waals surface area contributed by atoms with Gasteiger partial charge in [0.1, 0.15) is 16.5 Å².